The number of hydrogen-bond donors (Lipinski definition) is 1. The fourth-order valence-corrected chi connectivity index (χ4v) is 4.15. The predicted octanol–water partition coefficient (Wildman–Crippen LogP) is 2.76. The molecule has 3 rings (SSSR count). The molecule has 0 saturated carbocycles. The van der Waals surface area contributed by atoms with Gasteiger partial charge < -0.3 is 19.7 Å². The summed E-state index contributed by atoms with van der Waals surface area (Å²) in [6.07, 6.45) is 0.0534. The molecule has 1 aliphatic heterocycles. The molecule has 0 unspecified atom stereocenters. The molecule has 176 valence electrons. The first-order chi connectivity index (χ1) is 16.1. The molecular formula is C25H31N3O4S. The van der Waals surface area contributed by atoms with Crippen molar-refractivity contribution in [1.82, 2.24) is 15.1 Å². The zero-order valence-electron chi connectivity index (χ0n) is 18.9. The molecule has 0 aliphatic carbocycles. The lowest BCUT2D eigenvalue weighted by Gasteiger charge is -2.40. The van der Waals surface area contributed by atoms with Gasteiger partial charge in [-0.15, -0.1) is 0 Å². The molecule has 1 fully saturated rings. The van der Waals surface area contributed by atoms with Crippen LogP contribution in [0.1, 0.15) is 30.0 Å². The Hall–Kier alpha value is -2.81. The summed E-state index contributed by atoms with van der Waals surface area (Å²) in [5.74, 6) is -0.702. The number of piperazine rings is 1. The van der Waals surface area contributed by atoms with E-state index < -0.39 is 5.97 Å². The fourth-order valence-electron chi connectivity index (χ4n) is 3.86. The first-order valence-corrected chi connectivity index (χ1v) is 11.6. The van der Waals surface area contributed by atoms with Crippen LogP contribution in [0.25, 0.3) is 0 Å². The van der Waals surface area contributed by atoms with Gasteiger partial charge >= 0.3 is 5.97 Å². The highest BCUT2D eigenvalue weighted by atomic mass is 32.1. The Labute approximate surface area is 200 Å². The van der Waals surface area contributed by atoms with E-state index in [4.69, 9.17) is 21.7 Å². The molecule has 0 radical (unpaired) electrons. The Morgan fingerprint density at radius 3 is 2.03 bits per heavy atom. The highest BCUT2D eigenvalue weighted by Crippen LogP contribution is 2.29. The average molecular weight is 470 g/mol. The zero-order chi connectivity index (χ0) is 23.5. The van der Waals surface area contributed by atoms with Gasteiger partial charge in [-0.05, 0) is 23.3 Å². The molecule has 8 heteroatoms. The first kappa shape index (κ1) is 24.8. The number of carbonyl (C=O) groups excluding carboxylic acids is 2. The Balaban J connectivity index is 1.50. The maximum atomic E-state index is 12.2. The van der Waals surface area contributed by atoms with Crippen LogP contribution >= 0.6 is 12.2 Å². The zero-order valence-corrected chi connectivity index (χ0v) is 19.8. The summed E-state index contributed by atoms with van der Waals surface area (Å²) in [4.78, 5) is 28.3. The van der Waals surface area contributed by atoms with Crippen molar-refractivity contribution in [1.29, 1.82) is 0 Å². The molecule has 0 spiro atoms. The van der Waals surface area contributed by atoms with Gasteiger partial charge in [0.15, 0.2) is 5.11 Å². The lowest BCUT2D eigenvalue weighted by atomic mass is 9.96. The number of hydrogen-bond acceptors (Lipinski definition) is 6. The van der Waals surface area contributed by atoms with Crippen molar-refractivity contribution >= 4 is 29.2 Å². The van der Waals surface area contributed by atoms with Gasteiger partial charge in [0.1, 0.15) is 6.61 Å². The molecular weight excluding hydrogens is 438 g/mol. The monoisotopic (exact) mass is 469 g/mol. The van der Waals surface area contributed by atoms with Gasteiger partial charge in [-0.3, -0.25) is 14.5 Å². The number of thiocarbonyl (C=S) groups is 1. The Bertz CT molecular complexity index is 863. The number of methoxy groups -OCH3 is 1. The molecule has 2 aromatic carbocycles. The van der Waals surface area contributed by atoms with Gasteiger partial charge in [-0.1, -0.05) is 60.7 Å². The van der Waals surface area contributed by atoms with Crippen LogP contribution in [0.5, 0.6) is 0 Å². The van der Waals surface area contributed by atoms with Gasteiger partial charge in [0.05, 0.1) is 19.1 Å². The van der Waals surface area contributed by atoms with Gasteiger partial charge in [0, 0.05) is 39.7 Å². The summed E-state index contributed by atoms with van der Waals surface area (Å²) in [5, 5.41) is 3.15. The number of nitrogens with zero attached hydrogens (tertiary/aromatic N) is 2. The van der Waals surface area contributed by atoms with Crippen molar-refractivity contribution < 1.29 is 19.1 Å². The van der Waals surface area contributed by atoms with Crippen molar-refractivity contribution in [3.63, 3.8) is 0 Å². The highest BCUT2D eigenvalue weighted by Gasteiger charge is 2.27. The number of benzene rings is 2. The predicted molar refractivity (Wildman–Crippen MR) is 131 cm³/mol. The third-order valence-electron chi connectivity index (χ3n) is 5.55. The standard InChI is InChI=1S/C25H31N3O4S/c1-31-18-19-32-23(30)13-12-22(29)26-25(33)28-16-14-27(15-17-28)24(20-8-4-2-5-9-20)21-10-6-3-7-11-21/h2-11,24H,12-19H2,1H3,(H,26,29,33). The number of nitrogens with one attached hydrogen (secondary N) is 1. The van der Waals surface area contributed by atoms with E-state index in [0.717, 1.165) is 13.1 Å². The van der Waals surface area contributed by atoms with E-state index >= 15 is 0 Å². The Kier molecular flexibility index (Phi) is 9.80. The normalized spacial score (nSPS) is 14.2. The highest BCUT2D eigenvalue weighted by molar-refractivity contribution is 7.80. The second kappa shape index (κ2) is 13.0. The van der Waals surface area contributed by atoms with Crippen LogP contribution in [-0.4, -0.2) is 73.3 Å². The largest absolute Gasteiger partial charge is 0.463 e. The number of esters is 1. The summed E-state index contributed by atoms with van der Waals surface area (Å²) in [6.45, 7) is 3.59. The second-order valence-corrected chi connectivity index (χ2v) is 8.20. The van der Waals surface area contributed by atoms with E-state index in [1.54, 1.807) is 0 Å². The summed E-state index contributed by atoms with van der Waals surface area (Å²) < 4.78 is 9.80. The average Bonchev–Trinajstić information content (AvgIpc) is 2.85. The van der Waals surface area contributed by atoms with Crippen molar-refractivity contribution in [3.8, 4) is 0 Å². The van der Waals surface area contributed by atoms with E-state index in [2.05, 4.69) is 58.7 Å². The van der Waals surface area contributed by atoms with Crippen molar-refractivity contribution in [2.24, 2.45) is 0 Å². The molecule has 0 atom stereocenters. The van der Waals surface area contributed by atoms with Crippen LogP contribution in [-0.2, 0) is 19.1 Å². The number of amides is 1. The van der Waals surface area contributed by atoms with Crippen molar-refractivity contribution in [3.05, 3.63) is 71.8 Å². The molecule has 33 heavy (non-hydrogen) atoms. The number of ether oxygens (including phenoxy) is 2. The maximum Gasteiger partial charge on any atom is 0.306 e. The molecule has 7 nitrogen and oxygen atoms in total. The molecule has 1 N–H and O–H groups in total. The minimum absolute atomic E-state index is 0.0156. The van der Waals surface area contributed by atoms with Crippen molar-refractivity contribution in [2.45, 2.75) is 18.9 Å². The van der Waals surface area contributed by atoms with Gasteiger partial charge in [0.2, 0.25) is 5.91 Å². The Morgan fingerprint density at radius 1 is 0.909 bits per heavy atom. The van der Waals surface area contributed by atoms with Crippen LogP contribution < -0.4 is 5.32 Å². The van der Waals surface area contributed by atoms with Crippen LogP contribution in [0.4, 0.5) is 0 Å². The third-order valence-corrected chi connectivity index (χ3v) is 5.91. The van der Waals surface area contributed by atoms with Gasteiger partial charge in [-0.2, -0.15) is 0 Å². The lowest BCUT2D eigenvalue weighted by molar-refractivity contribution is -0.146. The topological polar surface area (TPSA) is 71.1 Å². The molecule has 1 amide bonds. The van der Waals surface area contributed by atoms with Crippen LogP contribution in [0.15, 0.2) is 60.7 Å². The SMILES string of the molecule is COCCOC(=O)CCC(=O)NC(=S)N1CCN(C(c2ccccc2)c2ccccc2)CC1. The maximum absolute atomic E-state index is 12.2. The van der Waals surface area contributed by atoms with E-state index in [0.29, 0.717) is 24.8 Å². The van der Waals surface area contributed by atoms with Crippen LogP contribution in [0.2, 0.25) is 0 Å². The molecule has 1 aliphatic rings. The third kappa shape index (κ3) is 7.63. The smallest absolute Gasteiger partial charge is 0.306 e. The molecule has 0 aromatic heterocycles. The minimum Gasteiger partial charge on any atom is -0.463 e. The van der Waals surface area contributed by atoms with E-state index in [1.165, 1.54) is 18.2 Å². The minimum atomic E-state index is -0.422. The molecule has 2 aromatic rings. The Morgan fingerprint density at radius 2 is 1.48 bits per heavy atom. The second-order valence-electron chi connectivity index (χ2n) is 7.81. The lowest BCUT2D eigenvalue weighted by Crippen LogP contribution is -2.53. The summed E-state index contributed by atoms with van der Waals surface area (Å²) in [6, 6.07) is 21.2. The molecule has 1 saturated heterocycles. The van der Waals surface area contributed by atoms with E-state index in [-0.39, 0.29) is 31.4 Å². The quantitative estimate of drug-likeness (QED) is 0.344. The summed E-state index contributed by atoms with van der Waals surface area (Å²) in [5.41, 5.74) is 2.51. The van der Waals surface area contributed by atoms with Crippen molar-refractivity contribution in [2.75, 3.05) is 46.5 Å². The molecule has 0 bridgehead atoms. The summed E-state index contributed by atoms with van der Waals surface area (Å²) in [7, 11) is 1.53. The van der Waals surface area contributed by atoms with Crippen LogP contribution in [0, 0.1) is 0 Å². The fraction of sp³-hybridized carbons (Fsp3) is 0.400. The first-order valence-electron chi connectivity index (χ1n) is 11.2. The van der Waals surface area contributed by atoms with Crippen LogP contribution in [0.3, 0.4) is 0 Å². The molecule has 1 heterocycles. The number of carbonyl (C=O) groups is 2. The van der Waals surface area contributed by atoms with E-state index in [1.807, 2.05) is 17.0 Å². The number of rotatable bonds is 9. The van der Waals surface area contributed by atoms with Gasteiger partial charge in [0.25, 0.3) is 0 Å². The van der Waals surface area contributed by atoms with Gasteiger partial charge in [-0.25, -0.2) is 0 Å². The van der Waals surface area contributed by atoms with E-state index in [9.17, 15) is 9.59 Å². The summed E-state index contributed by atoms with van der Waals surface area (Å²) >= 11 is 5.45.